The molecule has 0 saturated heterocycles. The van der Waals surface area contributed by atoms with Crippen LogP contribution in [0.25, 0.3) is 10.9 Å². The van der Waals surface area contributed by atoms with Gasteiger partial charge in [0, 0.05) is 23.9 Å². The van der Waals surface area contributed by atoms with E-state index in [1.54, 1.807) is 13.0 Å². The topological polar surface area (TPSA) is 92.9 Å². The van der Waals surface area contributed by atoms with Crippen LogP contribution in [-0.2, 0) is 6.18 Å². The molecule has 0 atom stereocenters. The largest absolute Gasteiger partial charge is 0.434 e. The van der Waals surface area contributed by atoms with Crippen LogP contribution in [0, 0.1) is 12.8 Å². The van der Waals surface area contributed by atoms with Gasteiger partial charge >= 0.3 is 6.18 Å². The fourth-order valence-corrected chi connectivity index (χ4v) is 3.91. The van der Waals surface area contributed by atoms with Gasteiger partial charge in [0.25, 0.3) is 5.91 Å². The van der Waals surface area contributed by atoms with E-state index in [2.05, 4.69) is 20.4 Å². The third kappa shape index (κ3) is 4.53. The second-order valence-corrected chi connectivity index (χ2v) is 7.93. The lowest BCUT2D eigenvalue weighted by Gasteiger charge is -2.27. The van der Waals surface area contributed by atoms with Gasteiger partial charge in [-0.3, -0.25) is 14.5 Å². The molecule has 10 heteroatoms. The summed E-state index contributed by atoms with van der Waals surface area (Å²) >= 11 is 0. The van der Waals surface area contributed by atoms with Crippen molar-refractivity contribution in [1.29, 1.82) is 0 Å². The van der Waals surface area contributed by atoms with Crippen LogP contribution in [0.4, 0.5) is 18.9 Å². The molecule has 0 bridgehead atoms. The summed E-state index contributed by atoms with van der Waals surface area (Å²) in [6.07, 6.45) is 2.61. The molecule has 1 aliphatic rings. The normalized spacial score (nSPS) is 19.5. The van der Waals surface area contributed by atoms with Gasteiger partial charge in [0.1, 0.15) is 5.69 Å². The first-order valence-corrected chi connectivity index (χ1v) is 10.1. The van der Waals surface area contributed by atoms with Gasteiger partial charge in [0.05, 0.1) is 24.0 Å². The number of carbonyl (C=O) groups excluding carboxylic acids is 1. The molecule has 164 valence electrons. The average Bonchev–Trinajstić information content (AvgIpc) is 3.16. The van der Waals surface area contributed by atoms with E-state index in [0.29, 0.717) is 17.8 Å². The Hall–Kier alpha value is -3.01. The minimum absolute atomic E-state index is 0.215. The number of nitrogens with one attached hydrogen (secondary N) is 1. The van der Waals surface area contributed by atoms with Crippen molar-refractivity contribution in [1.82, 2.24) is 19.7 Å². The van der Waals surface area contributed by atoms with Gasteiger partial charge in [-0.1, -0.05) is 0 Å². The number of hydrogen-bond donors (Lipinski definition) is 2. The number of aromatic nitrogens is 4. The number of halogens is 3. The van der Waals surface area contributed by atoms with Gasteiger partial charge in [-0.25, -0.2) is 4.98 Å². The van der Waals surface area contributed by atoms with E-state index in [9.17, 15) is 23.1 Å². The first kappa shape index (κ1) is 21.2. The zero-order valence-electron chi connectivity index (χ0n) is 16.9. The van der Waals surface area contributed by atoms with Gasteiger partial charge in [-0.15, -0.1) is 0 Å². The van der Waals surface area contributed by atoms with Crippen molar-refractivity contribution in [3.05, 3.63) is 47.7 Å². The highest BCUT2D eigenvalue weighted by atomic mass is 19.4. The van der Waals surface area contributed by atoms with E-state index in [1.165, 1.54) is 0 Å². The van der Waals surface area contributed by atoms with E-state index in [-0.39, 0.29) is 12.6 Å². The summed E-state index contributed by atoms with van der Waals surface area (Å²) in [6, 6.07) is 3.85. The molecule has 1 fully saturated rings. The molecular formula is C21H22F3N5O2. The predicted molar refractivity (Wildman–Crippen MR) is 108 cm³/mol. The van der Waals surface area contributed by atoms with Crippen LogP contribution in [0.5, 0.6) is 0 Å². The molecule has 1 aliphatic carbocycles. The Bertz CT molecular complexity index is 1100. The third-order valence-electron chi connectivity index (χ3n) is 5.72. The van der Waals surface area contributed by atoms with Crippen LogP contribution < -0.4 is 5.32 Å². The Kier molecular flexibility index (Phi) is 5.65. The van der Waals surface area contributed by atoms with Crippen molar-refractivity contribution >= 4 is 22.5 Å². The molecule has 0 aliphatic heterocycles. The predicted octanol–water partition coefficient (Wildman–Crippen LogP) is 4.13. The Labute approximate surface area is 176 Å². The van der Waals surface area contributed by atoms with Gasteiger partial charge in [-0.05, 0) is 56.2 Å². The Morgan fingerprint density at radius 3 is 2.65 bits per heavy atom. The Morgan fingerprint density at radius 1 is 1.23 bits per heavy atom. The molecule has 2 aromatic heterocycles. The summed E-state index contributed by atoms with van der Waals surface area (Å²) in [5.74, 6) is -0.417. The summed E-state index contributed by atoms with van der Waals surface area (Å²) in [5, 5.41) is 17.4. The van der Waals surface area contributed by atoms with Gasteiger partial charge in [0.2, 0.25) is 0 Å². The van der Waals surface area contributed by atoms with Crippen LogP contribution in [0.1, 0.15) is 53.5 Å². The third-order valence-corrected chi connectivity index (χ3v) is 5.72. The standard InChI is InChI=1S/C21H22F3N5O2/c1-12-6-17-14(10-29(28-17)15-4-2-13(11-30)3-5-15)7-16(12)27-20(31)18-8-25-9-19(26-18)21(22,23)24/h6-10,13,15,30H,2-5,11H2,1H3,(H,27,31)/t13-,15-. The maximum Gasteiger partial charge on any atom is 0.434 e. The molecule has 1 saturated carbocycles. The molecule has 0 spiro atoms. The molecule has 1 aromatic carbocycles. The summed E-state index contributed by atoms with van der Waals surface area (Å²) in [6.45, 7) is 2.00. The zero-order chi connectivity index (χ0) is 22.2. The van der Waals surface area contributed by atoms with Crippen molar-refractivity contribution in [3.63, 3.8) is 0 Å². The maximum atomic E-state index is 12.8. The SMILES string of the molecule is Cc1cc2nn([C@H]3CC[C@H](CO)CC3)cc2cc1NC(=O)c1cncc(C(F)(F)F)n1. The molecular weight excluding hydrogens is 411 g/mol. The number of nitrogens with zero attached hydrogens (tertiary/aromatic N) is 4. The highest BCUT2D eigenvalue weighted by molar-refractivity contribution is 6.04. The number of carbonyl (C=O) groups is 1. The minimum Gasteiger partial charge on any atom is -0.396 e. The molecule has 0 unspecified atom stereocenters. The van der Waals surface area contributed by atoms with Crippen LogP contribution in [0.15, 0.2) is 30.7 Å². The fourth-order valence-electron chi connectivity index (χ4n) is 3.91. The average molecular weight is 433 g/mol. The monoisotopic (exact) mass is 433 g/mol. The number of aryl methyl sites for hydroxylation is 1. The van der Waals surface area contributed by atoms with Gasteiger partial charge in [0.15, 0.2) is 5.69 Å². The Balaban J connectivity index is 1.55. The van der Waals surface area contributed by atoms with E-state index in [0.717, 1.165) is 48.3 Å². The maximum absolute atomic E-state index is 12.8. The fraction of sp³-hybridized carbons (Fsp3) is 0.429. The number of aliphatic hydroxyl groups is 1. The Morgan fingerprint density at radius 2 is 1.97 bits per heavy atom. The van der Waals surface area contributed by atoms with Crippen molar-refractivity contribution in [2.45, 2.75) is 44.8 Å². The number of fused-ring (bicyclic) bond motifs is 1. The molecule has 3 aromatic rings. The van der Waals surface area contributed by atoms with Crippen molar-refractivity contribution in [3.8, 4) is 0 Å². The second-order valence-electron chi connectivity index (χ2n) is 7.93. The number of hydrogen-bond acceptors (Lipinski definition) is 5. The number of rotatable bonds is 4. The number of anilines is 1. The quantitative estimate of drug-likeness (QED) is 0.645. The van der Waals surface area contributed by atoms with E-state index >= 15 is 0 Å². The van der Waals surface area contributed by atoms with Crippen LogP contribution in [0.3, 0.4) is 0 Å². The molecule has 0 radical (unpaired) electrons. The summed E-state index contributed by atoms with van der Waals surface area (Å²) in [5.41, 5.74) is 0.351. The van der Waals surface area contributed by atoms with Gasteiger partial charge < -0.3 is 10.4 Å². The van der Waals surface area contributed by atoms with Crippen molar-refractivity contribution in [2.75, 3.05) is 11.9 Å². The van der Waals surface area contributed by atoms with Crippen molar-refractivity contribution < 1.29 is 23.1 Å². The number of aliphatic hydroxyl groups excluding tert-OH is 1. The molecule has 4 rings (SSSR count). The lowest BCUT2D eigenvalue weighted by atomic mass is 9.87. The van der Waals surface area contributed by atoms with E-state index < -0.39 is 23.5 Å². The van der Waals surface area contributed by atoms with Crippen LogP contribution in [-0.4, -0.2) is 37.4 Å². The van der Waals surface area contributed by atoms with E-state index in [4.69, 9.17) is 0 Å². The molecule has 7 nitrogen and oxygen atoms in total. The van der Waals surface area contributed by atoms with Crippen LogP contribution >= 0.6 is 0 Å². The van der Waals surface area contributed by atoms with Gasteiger partial charge in [-0.2, -0.15) is 18.3 Å². The lowest BCUT2D eigenvalue weighted by molar-refractivity contribution is -0.141. The first-order valence-electron chi connectivity index (χ1n) is 10.1. The second kappa shape index (κ2) is 8.26. The number of alkyl halides is 3. The highest BCUT2D eigenvalue weighted by Gasteiger charge is 2.33. The van der Waals surface area contributed by atoms with E-state index in [1.807, 2.05) is 16.9 Å². The first-order chi connectivity index (χ1) is 14.7. The molecule has 31 heavy (non-hydrogen) atoms. The summed E-state index contributed by atoms with van der Waals surface area (Å²) in [7, 11) is 0. The minimum atomic E-state index is -4.68. The number of amides is 1. The molecule has 2 N–H and O–H groups in total. The smallest absolute Gasteiger partial charge is 0.396 e. The number of benzene rings is 1. The summed E-state index contributed by atoms with van der Waals surface area (Å²) in [4.78, 5) is 19.3. The molecule has 2 heterocycles. The lowest BCUT2D eigenvalue weighted by Crippen LogP contribution is -2.20. The highest BCUT2D eigenvalue weighted by Crippen LogP contribution is 2.33. The van der Waals surface area contributed by atoms with Crippen LogP contribution in [0.2, 0.25) is 0 Å². The molecule has 1 amide bonds. The van der Waals surface area contributed by atoms with Crippen molar-refractivity contribution in [2.24, 2.45) is 5.92 Å². The zero-order valence-corrected chi connectivity index (χ0v) is 16.9. The summed E-state index contributed by atoms with van der Waals surface area (Å²) < 4.78 is 40.4.